The van der Waals surface area contributed by atoms with E-state index in [-0.39, 0.29) is 22.9 Å². The fraction of sp³-hybridized carbons (Fsp3) is 0.100. The van der Waals surface area contributed by atoms with E-state index in [0.29, 0.717) is 11.3 Å². The topological polar surface area (TPSA) is 132 Å². The number of hydrogen-bond acceptors (Lipinski definition) is 6. The van der Waals surface area contributed by atoms with Gasteiger partial charge in [-0.05, 0) is 55.0 Å². The van der Waals surface area contributed by atoms with Crippen molar-refractivity contribution in [2.45, 2.75) is 18.4 Å². The summed E-state index contributed by atoms with van der Waals surface area (Å²) in [4.78, 5) is 16.5. The van der Waals surface area contributed by atoms with Gasteiger partial charge in [-0.15, -0.1) is 0 Å². The molecule has 0 saturated heterocycles. The number of primary sulfonamides is 1. The predicted molar refractivity (Wildman–Crippen MR) is 107 cm³/mol. The van der Waals surface area contributed by atoms with E-state index in [9.17, 15) is 18.3 Å². The number of aryl methyl sites for hydroxylation is 1. The second-order valence-electron chi connectivity index (χ2n) is 6.30. The molecule has 9 heteroatoms. The third-order valence-electron chi connectivity index (χ3n) is 4.02. The molecule has 0 spiro atoms. The van der Waals surface area contributed by atoms with E-state index < -0.39 is 15.9 Å². The number of carbonyl (C=O) groups is 1. The summed E-state index contributed by atoms with van der Waals surface area (Å²) in [6.07, 6.45) is 1.62. The van der Waals surface area contributed by atoms with E-state index >= 15 is 0 Å². The fourth-order valence-corrected chi connectivity index (χ4v) is 3.04. The van der Waals surface area contributed by atoms with Gasteiger partial charge in [0.05, 0.1) is 16.8 Å². The summed E-state index contributed by atoms with van der Waals surface area (Å²) in [5, 5.41) is 17.5. The van der Waals surface area contributed by atoms with E-state index in [0.717, 1.165) is 29.5 Å². The molecule has 0 saturated carbocycles. The number of aromatic hydroxyl groups is 1. The zero-order valence-corrected chi connectivity index (χ0v) is 16.3. The third-order valence-corrected chi connectivity index (χ3v) is 4.93. The monoisotopic (exact) mass is 413 g/mol. The molecule has 3 aromatic rings. The molecule has 4 N–H and O–H groups in total. The largest absolute Gasteiger partial charge is 0.506 e. The van der Waals surface area contributed by atoms with Crippen LogP contribution in [0.4, 0.5) is 5.69 Å². The second kappa shape index (κ2) is 8.29. The van der Waals surface area contributed by atoms with Gasteiger partial charge in [-0.2, -0.15) is 0 Å². The summed E-state index contributed by atoms with van der Waals surface area (Å²) >= 11 is 0. The molecule has 0 aliphatic carbocycles. The Bertz CT molecular complexity index is 1150. The first-order valence-corrected chi connectivity index (χ1v) is 10.1. The third kappa shape index (κ3) is 5.31. The molecule has 1 amide bonds. The number of sulfonamides is 1. The molecule has 0 aliphatic heterocycles. The summed E-state index contributed by atoms with van der Waals surface area (Å²) in [5.74, 6) is -0.196. The molecule has 3 rings (SSSR count). The van der Waals surface area contributed by atoms with E-state index in [4.69, 9.17) is 9.88 Å². The molecule has 29 heavy (non-hydrogen) atoms. The van der Waals surface area contributed by atoms with Crippen molar-refractivity contribution in [1.29, 1.82) is 0 Å². The van der Waals surface area contributed by atoms with E-state index in [1.807, 2.05) is 13.0 Å². The Morgan fingerprint density at radius 2 is 1.97 bits per heavy atom. The van der Waals surface area contributed by atoms with Crippen LogP contribution >= 0.6 is 0 Å². The first-order chi connectivity index (χ1) is 13.7. The van der Waals surface area contributed by atoms with Crippen molar-refractivity contribution in [2.75, 3.05) is 5.32 Å². The van der Waals surface area contributed by atoms with E-state index in [1.54, 1.807) is 36.5 Å². The number of anilines is 1. The number of nitrogens with two attached hydrogens (primary N) is 1. The lowest BCUT2D eigenvalue weighted by Gasteiger charge is -2.10. The molecular weight excluding hydrogens is 394 g/mol. The number of nitrogens with one attached hydrogen (secondary N) is 1. The van der Waals surface area contributed by atoms with Crippen molar-refractivity contribution in [3.8, 4) is 11.5 Å². The number of phenolic OH excluding ortho intramolecular Hbond substituents is 1. The van der Waals surface area contributed by atoms with Crippen LogP contribution in [-0.4, -0.2) is 24.4 Å². The Hall–Kier alpha value is -3.43. The highest BCUT2D eigenvalue weighted by Crippen LogP contribution is 2.26. The Morgan fingerprint density at radius 1 is 1.17 bits per heavy atom. The highest BCUT2D eigenvalue weighted by molar-refractivity contribution is 7.89. The van der Waals surface area contributed by atoms with Crippen LogP contribution in [0.5, 0.6) is 11.5 Å². The number of pyridine rings is 1. The summed E-state index contributed by atoms with van der Waals surface area (Å²) in [5.41, 5.74) is 1.88. The minimum atomic E-state index is -3.97. The summed E-state index contributed by atoms with van der Waals surface area (Å²) < 4.78 is 28.6. The van der Waals surface area contributed by atoms with Gasteiger partial charge in [0.2, 0.25) is 10.0 Å². The lowest BCUT2D eigenvalue weighted by molar-refractivity contribution is 0.102. The van der Waals surface area contributed by atoms with E-state index in [1.165, 1.54) is 0 Å². The second-order valence-corrected chi connectivity index (χ2v) is 7.86. The zero-order chi connectivity index (χ0) is 21.0. The van der Waals surface area contributed by atoms with Crippen molar-refractivity contribution >= 4 is 21.6 Å². The lowest BCUT2D eigenvalue weighted by atomic mass is 10.1. The minimum Gasteiger partial charge on any atom is -0.506 e. The maximum atomic E-state index is 12.5. The number of aromatic nitrogens is 1. The number of phenols is 1. The SMILES string of the molecule is Cc1ccc(OCc2cccc(C(=O)Nc3cc(S(N)(=O)=O)ccc3O)c2)cn1. The average molecular weight is 413 g/mol. The van der Waals surface area contributed by atoms with Crippen LogP contribution in [0.15, 0.2) is 65.7 Å². The van der Waals surface area contributed by atoms with Crippen molar-refractivity contribution in [1.82, 2.24) is 4.98 Å². The summed E-state index contributed by atoms with van der Waals surface area (Å²) in [6.45, 7) is 2.11. The van der Waals surface area contributed by atoms with Crippen molar-refractivity contribution < 1.29 is 23.1 Å². The van der Waals surface area contributed by atoms with Gasteiger partial charge in [-0.25, -0.2) is 13.6 Å². The molecule has 0 aliphatic rings. The van der Waals surface area contributed by atoms with Gasteiger partial charge in [0, 0.05) is 11.3 Å². The van der Waals surface area contributed by atoms with Crippen LogP contribution in [0, 0.1) is 6.92 Å². The highest BCUT2D eigenvalue weighted by Gasteiger charge is 2.14. The van der Waals surface area contributed by atoms with Crippen LogP contribution in [-0.2, 0) is 16.6 Å². The smallest absolute Gasteiger partial charge is 0.255 e. The fourth-order valence-electron chi connectivity index (χ4n) is 2.50. The van der Waals surface area contributed by atoms with Gasteiger partial charge in [0.25, 0.3) is 5.91 Å². The Labute approximate surface area is 168 Å². The standard InChI is InChI=1S/C20H19N3O5S/c1-13-5-6-16(11-22-13)28-12-14-3-2-4-15(9-14)20(25)23-18-10-17(29(21,26)27)7-8-19(18)24/h2-11,24H,12H2,1H3,(H,23,25)(H2,21,26,27). The summed E-state index contributed by atoms with van der Waals surface area (Å²) in [6, 6.07) is 13.8. The van der Waals surface area contributed by atoms with Crippen LogP contribution in [0.3, 0.4) is 0 Å². The van der Waals surface area contributed by atoms with E-state index in [2.05, 4.69) is 10.3 Å². The molecule has 150 valence electrons. The van der Waals surface area contributed by atoms with Gasteiger partial charge < -0.3 is 15.2 Å². The molecule has 1 aromatic heterocycles. The average Bonchev–Trinajstić information content (AvgIpc) is 2.68. The van der Waals surface area contributed by atoms with Gasteiger partial charge >= 0.3 is 0 Å². The van der Waals surface area contributed by atoms with Crippen molar-refractivity contribution in [3.05, 3.63) is 77.6 Å². The van der Waals surface area contributed by atoms with Crippen LogP contribution < -0.4 is 15.2 Å². The molecule has 0 atom stereocenters. The van der Waals surface area contributed by atoms with Crippen LogP contribution in [0.1, 0.15) is 21.6 Å². The Morgan fingerprint density at radius 3 is 2.66 bits per heavy atom. The molecule has 8 nitrogen and oxygen atoms in total. The molecule has 1 heterocycles. The lowest BCUT2D eigenvalue weighted by Crippen LogP contribution is -2.15. The molecule has 0 bridgehead atoms. The van der Waals surface area contributed by atoms with Gasteiger partial charge in [0.1, 0.15) is 18.1 Å². The normalized spacial score (nSPS) is 11.1. The number of benzene rings is 2. The zero-order valence-electron chi connectivity index (χ0n) is 15.5. The number of carbonyl (C=O) groups excluding carboxylic acids is 1. The number of rotatable bonds is 6. The number of nitrogens with zero attached hydrogens (tertiary/aromatic N) is 1. The first-order valence-electron chi connectivity index (χ1n) is 8.54. The number of hydrogen-bond donors (Lipinski definition) is 3. The van der Waals surface area contributed by atoms with Crippen molar-refractivity contribution in [3.63, 3.8) is 0 Å². The quantitative estimate of drug-likeness (QED) is 0.532. The first kappa shape index (κ1) is 20.3. The van der Waals surface area contributed by atoms with Gasteiger partial charge in [0.15, 0.2) is 0 Å². The van der Waals surface area contributed by atoms with Gasteiger partial charge in [-0.3, -0.25) is 9.78 Å². The van der Waals surface area contributed by atoms with Crippen LogP contribution in [0.2, 0.25) is 0 Å². The number of ether oxygens (including phenoxy) is 1. The molecule has 2 aromatic carbocycles. The van der Waals surface area contributed by atoms with Crippen LogP contribution in [0.25, 0.3) is 0 Å². The predicted octanol–water partition coefficient (Wildman–Crippen LogP) is 2.57. The maximum absolute atomic E-state index is 12.5. The van der Waals surface area contributed by atoms with Crippen molar-refractivity contribution in [2.24, 2.45) is 5.14 Å². The Balaban J connectivity index is 1.73. The molecule has 0 unspecified atom stereocenters. The number of amides is 1. The molecular formula is C20H19N3O5S. The molecule has 0 radical (unpaired) electrons. The minimum absolute atomic E-state index is 0.0612. The highest BCUT2D eigenvalue weighted by atomic mass is 32.2. The molecule has 0 fully saturated rings. The maximum Gasteiger partial charge on any atom is 0.255 e. The Kier molecular flexibility index (Phi) is 5.81. The van der Waals surface area contributed by atoms with Gasteiger partial charge in [-0.1, -0.05) is 12.1 Å². The summed E-state index contributed by atoms with van der Waals surface area (Å²) in [7, 11) is -3.97.